The molecule has 10 nitrogen and oxygen atoms in total. The van der Waals surface area contributed by atoms with Crippen molar-refractivity contribution in [1.82, 2.24) is 40.0 Å². The Labute approximate surface area is 173 Å². The molecule has 0 unspecified atom stereocenters. The third-order valence-corrected chi connectivity index (χ3v) is 4.55. The fourth-order valence-electron chi connectivity index (χ4n) is 3.03. The summed E-state index contributed by atoms with van der Waals surface area (Å²) in [6.45, 7) is 5.94. The lowest BCUT2D eigenvalue weighted by Crippen LogP contribution is -2.16. The number of carbonyl (C=O) groups is 1. The predicted molar refractivity (Wildman–Crippen MR) is 110 cm³/mol. The van der Waals surface area contributed by atoms with Crippen molar-refractivity contribution in [2.45, 2.75) is 26.7 Å². The van der Waals surface area contributed by atoms with E-state index in [9.17, 15) is 4.79 Å². The Balaban J connectivity index is 1.60. The molecule has 0 atom stereocenters. The van der Waals surface area contributed by atoms with E-state index in [2.05, 4.69) is 35.9 Å². The maximum Gasteiger partial charge on any atom is 0.275 e. The summed E-state index contributed by atoms with van der Waals surface area (Å²) >= 11 is 0. The molecule has 0 aliphatic carbocycles. The van der Waals surface area contributed by atoms with Crippen LogP contribution in [0.15, 0.2) is 42.9 Å². The van der Waals surface area contributed by atoms with E-state index in [4.69, 9.17) is 0 Å². The van der Waals surface area contributed by atoms with Crippen molar-refractivity contribution in [1.29, 1.82) is 0 Å². The summed E-state index contributed by atoms with van der Waals surface area (Å²) in [5, 5.41) is 18.8. The van der Waals surface area contributed by atoms with Crippen LogP contribution in [-0.4, -0.2) is 45.9 Å². The Morgan fingerprint density at radius 2 is 2.03 bits per heavy atom. The molecule has 0 saturated heterocycles. The van der Waals surface area contributed by atoms with Gasteiger partial charge in [0.05, 0.1) is 6.20 Å². The van der Waals surface area contributed by atoms with E-state index >= 15 is 0 Å². The molecular formula is C20H21N9O. The highest BCUT2D eigenvalue weighted by molar-refractivity contribution is 6.03. The number of aromatic nitrogens is 8. The molecule has 4 heterocycles. The van der Waals surface area contributed by atoms with Crippen molar-refractivity contribution < 1.29 is 4.79 Å². The molecule has 0 aromatic carbocycles. The smallest absolute Gasteiger partial charge is 0.275 e. The lowest BCUT2D eigenvalue weighted by molar-refractivity contribution is 0.102. The van der Waals surface area contributed by atoms with Crippen LogP contribution in [0.4, 0.5) is 5.82 Å². The molecule has 152 valence electrons. The van der Waals surface area contributed by atoms with Gasteiger partial charge in [0.25, 0.3) is 5.91 Å². The number of nitrogens with one attached hydrogen (secondary N) is 1. The molecule has 4 aromatic rings. The van der Waals surface area contributed by atoms with Crippen LogP contribution in [-0.2, 0) is 7.05 Å². The largest absolute Gasteiger partial charge is 0.305 e. The minimum absolute atomic E-state index is 0.128. The molecule has 0 bridgehead atoms. The van der Waals surface area contributed by atoms with Crippen LogP contribution in [0.25, 0.3) is 16.9 Å². The van der Waals surface area contributed by atoms with Gasteiger partial charge in [0, 0.05) is 30.9 Å². The lowest BCUT2D eigenvalue weighted by atomic mass is 10.0. The summed E-state index contributed by atoms with van der Waals surface area (Å²) in [7, 11) is 1.85. The number of rotatable bonds is 5. The average molecular weight is 403 g/mol. The summed E-state index contributed by atoms with van der Waals surface area (Å²) in [6.07, 6.45) is 5.33. The van der Waals surface area contributed by atoms with E-state index in [-0.39, 0.29) is 17.5 Å². The summed E-state index contributed by atoms with van der Waals surface area (Å²) in [4.78, 5) is 21.6. The number of hydrogen-bond donors (Lipinski definition) is 1. The monoisotopic (exact) mass is 403 g/mol. The van der Waals surface area contributed by atoms with E-state index in [0.717, 1.165) is 16.7 Å². The summed E-state index contributed by atoms with van der Waals surface area (Å²) < 4.78 is 3.28. The average Bonchev–Trinajstić information content (AvgIpc) is 3.38. The van der Waals surface area contributed by atoms with Crippen LogP contribution in [0.5, 0.6) is 0 Å². The Kier molecular flexibility index (Phi) is 5.05. The molecule has 0 spiro atoms. The van der Waals surface area contributed by atoms with Gasteiger partial charge >= 0.3 is 0 Å². The molecular weight excluding hydrogens is 382 g/mol. The van der Waals surface area contributed by atoms with Crippen molar-refractivity contribution >= 4 is 11.7 Å². The van der Waals surface area contributed by atoms with Crippen LogP contribution in [0.3, 0.4) is 0 Å². The van der Waals surface area contributed by atoms with Crippen LogP contribution in [0, 0.1) is 6.92 Å². The van der Waals surface area contributed by atoms with Gasteiger partial charge in [-0.25, -0.2) is 4.98 Å². The van der Waals surface area contributed by atoms with E-state index < -0.39 is 0 Å². The standard InChI is InChI=1S/C20H21N9O/c1-12(2)19-25-26-27-29(19)18-7-5-6-17(23-18)24-20(30)16-8-15(13(3)9-21-16)14-10-22-28(4)11-14/h5-12H,1-4H3,(H,23,24,30). The van der Waals surface area contributed by atoms with Crippen molar-refractivity contribution in [3.8, 4) is 16.9 Å². The van der Waals surface area contributed by atoms with Gasteiger partial charge in [-0.3, -0.25) is 14.5 Å². The zero-order valence-electron chi connectivity index (χ0n) is 17.1. The van der Waals surface area contributed by atoms with Gasteiger partial charge in [-0.05, 0) is 46.7 Å². The number of aryl methyl sites for hydroxylation is 2. The van der Waals surface area contributed by atoms with Crippen molar-refractivity contribution in [2.75, 3.05) is 5.32 Å². The van der Waals surface area contributed by atoms with Crippen LogP contribution >= 0.6 is 0 Å². The zero-order chi connectivity index (χ0) is 21.3. The second-order valence-corrected chi connectivity index (χ2v) is 7.23. The molecule has 0 aliphatic heterocycles. The highest BCUT2D eigenvalue weighted by atomic mass is 16.1. The summed E-state index contributed by atoms with van der Waals surface area (Å²) in [6, 6.07) is 7.02. The summed E-state index contributed by atoms with van der Waals surface area (Å²) in [5.41, 5.74) is 3.07. The minimum Gasteiger partial charge on any atom is -0.305 e. The van der Waals surface area contributed by atoms with Crippen LogP contribution < -0.4 is 5.32 Å². The lowest BCUT2D eigenvalue weighted by Gasteiger charge is -2.09. The fraction of sp³-hybridized carbons (Fsp3) is 0.250. The topological polar surface area (TPSA) is 116 Å². The number of tetrazole rings is 1. The Morgan fingerprint density at radius 3 is 2.77 bits per heavy atom. The number of nitrogens with zero attached hydrogens (tertiary/aromatic N) is 8. The third-order valence-electron chi connectivity index (χ3n) is 4.55. The second-order valence-electron chi connectivity index (χ2n) is 7.23. The fourth-order valence-corrected chi connectivity index (χ4v) is 3.03. The third kappa shape index (κ3) is 3.79. The molecule has 0 radical (unpaired) electrons. The minimum atomic E-state index is -0.356. The number of carbonyl (C=O) groups excluding carboxylic acids is 1. The van der Waals surface area contributed by atoms with Crippen LogP contribution in [0.1, 0.15) is 41.6 Å². The highest BCUT2D eigenvalue weighted by Gasteiger charge is 2.15. The number of anilines is 1. The van der Waals surface area contributed by atoms with Crippen LogP contribution in [0.2, 0.25) is 0 Å². The van der Waals surface area contributed by atoms with Gasteiger partial charge < -0.3 is 5.32 Å². The van der Waals surface area contributed by atoms with E-state index in [0.29, 0.717) is 17.5 Å². The number of pyridine rings is 2. The maximum absolute atomic E-state index is 12.8. The normalized spacial score (nSPS) is 11.1. The quantitative estimate of drug-likeness (QED) is 0.544. The molecule has 10 heteroatoms. The zero-order valence-corrected chi connectivity index (χ0v) is 17.1. The first-order valence-corrected chi connectivity index (χ1v) is 9.45. The number of hydrogen-bond acceptors (Lipinski definition) is 7. The Morgan fingerprint density at radius 1 is 1.20 bits per heavy atom. The predicted octanol–water partition coefficient (Wildman–Crippen LogP) is 2.54. The van der Waals surface area contributed by atoms with Gasteiger partial charge in [0.1, 0.15) is 11.5 Å². The Hall–Kier alpha value is -3.95. The van der Waals surface area contributed by atoms with Gasteiger partial charge in [0.15, 0.2) is 11.6 Å². The molecule has 1 amide bonds. The van der Waals surface area contributed by atoms with Crippen molar-refractivity contribution in [3.05, 3.63) is 59.9 Å². The van der Waals surface area contributed by atoms with E-state index in [1.54, 1.807) is 46.0 Å². The summed E-state index contributed by atoms with van der Waals surface area (Å²) in [5.74, 6) is 1.36. The van der Waals surface area contributed by atoms with Gasteiger partial charge in [-0.1, -0.05) is 19.9 Å². The van der Waals surface area contributed by atoms with Crippen molar-refractivity contribution in [2.24, 2.45) is 7.05 Å². The molecule has 4 aromatic heterocycles. The highest BCUT2D eigenvalue weighted by Crippen LogP contribution is 2.23. The first kappa shape index (κ1) is 19.4. The second kappa shape index (κ2) is 7.82. The van der Waals surface area contributed by atoms with Crippen molar-refractivity contribution in [3.63, 3.8) is 0 Å². The molecule has 30 heavy (non-hydrogen) atoms. The van der Waals surface area contributed by atoms with Gasteiger partial charge in [-0.15, -0.1) is 5.10 Å². The molecule has 0 aliphatic rings. The molecule has 1 N–H and O–H groups in total. The first-order valence-electron chi connectivity index (χ1n) is 9.45. The SMILES string of the molecule is Cc1cnc(C(=O)Nc2cccc(-n3nnnc3C(C)C)n2)cc1-c1cnn(C)c1. The molecule has 4 rings (SSSR count). The van der Waals surface area contributed by atoms with E-state index in [1.807, 2.05) is 34.0 Å². The van der Waals surface area contributed by atoms with Gasteiger partial charge in [-0.2, -0.15) is 9.78 Å². The van der Waals surface area contributed by atoms with E-state index in [1.165, 1.54) is 0 Å². The van der Waals surface area contributed by atoms with Gasteiger partial charge in [0.2, 0.25) is 0 Å². The number of amides is 1. The molecule has 0 saturated carbocycles. The maximum atomic E-state index is 12.8. The Bertz CT molecular complexity index is 1210. The molecule has 0 fully saturated rings. The first-order chi connectivity index (χ1) is 14.4.